The number of rotatable bonds is 9. The monoisotopic (exact) mass is 856 g/mol. The van der Waals surface area contributed by atoms with Crippen molar-refractivity contribution in [2.24, 2.45) is 0 Å². The molecule has 4 amide bonds. The second-order valence-electron chi connectivity index (χ2n) is 16.2. The number of hydrogen-bond donors (Lipinski definition) is 4. The van der Waals surface area contributed by atoms with Gasteiger partial charge in [0.15, 0.2) is 0 Å². The second-order valence-corrected chi connectivity index (χ2v) is 16.2. The van der Waals surface area contributed by atoms with E-state index >= 15 is 0 Å². The van der Waals surface area contributed by atoms with E-state index in [2.05, 4.69) is 44.6 Å². The van der Waals surface area contributed by atoms with Gasteiger partial charge in [0.05, 0.1) is 43.9 Å². The number of aromatic nitrogens is 4. The molecule has 4 aromatic carbocycles. The van der Waals surface area contributed by atoms with Crippen molar-refractivity contribution in [3.8, 4) is 34.4 Å². The van der Waals surface area contributed by atoms with Crippen LogP contribution < -0.4 is 10.6 Å². The van der Waals surface area contributed by atoms with E-state index in [1.54, 1.807) is 11.1 Å². The van der Waals surface area contributed by atoms with E-state index in [-0.39, 0.29) is 23.9 Å². The summed E-state index contributed by atoms with van der Waals surface area (Å²) in [4.78, 5) is 72.9. The summed E-state index contributed by atoms with van der Waals surface area (Å²) >= 11 is 0. The number of carbonyl (C=O) groups is 4. The van der Waals surface area contributed by atoms with Crippen molar-refractivity contribution in [2.75, 3.05) is 27.3 Å². The van der Waals surface area contributed by atoms with Gasteiger partial charge in [-0.15, -0.1) is 0 Å². The highest BCUT2D eigenvalue weighted by molar-refractivity contribution is 5.88. The van der Waals surface area contributed by atoms with Crippen LogP contribution >= 0.6 is 0 Å². The molecule has 2 saturated heterocycles. The fourth-order valence-corrected chi connectivity index (χ4v) is 9.07. The number of H-pyrrole nitrogens is 2. The lowest BCUT2D eigenvalue weighted by molar-refractivity contribution is -0.135. The summed E-state index contributed by atoms with van der Waals surface area (Å²) in [6.45, 7) is 1.11. The number of methoxy groups -OCH3 is 2. The third kappa shape index (κ3) is 8.57. The molecule has 0 spiro atoms. The Morgan fingerprint density at radius 2 is 1.25 bits per heavy atom. The second kappa shape index (κ2) is 18.4. The Morgan fingerprint density at radius 3 is 1.84 bits per heavy atom. The predicted molar refractivity (Wildman–Crippen MR) is 238 cm³/mol. The molecule has 4 heterocycles. The van der Waals surface area contributed by atoms with Gasteiger partial charge in [0.1, 0.15) is 23.7 Å². The Morgan fingerprint density at radius 1 is 0.688 bits per heavy atom. The highest BCUT2D eigenvalue weighted by Gasteiger charge is 2.39. The molecule has 2 aliphatic heterocycles. The third-order valence-corrected chi connectivity index (χ3v) is 12.3. The van der Waals surface area contributed by atoms with Gasteiger partial charge in [-0.2, -0.15) is 0 Å². The molecule has 2 fully saturated rings. The van der Waals surface area contributed by atoms with Crippen LogP contribution in [-0.4, -0.2) is 81.0 Å². The number of amides is 4. The number of likely N-dealkylation sites (tertiary alicyclic amines) is 2. The van der Waals surface area contributed by atoms with Gasteiger partial charge in [-0.3, -0.25) is 9.59 Å². The van der Waals surface area contributed by atoms with Gasteiger partial charge < -0.3 is 39.9 Å². The number of aryl methyl sites for hydroxylation is 2. The van der Waals surface area contributed by atoms with Crippen molar-refractivity contribution in [3.05, 3.63) is 154 Å². The largest absolute Gasteiger partial charge is 0.453 e. The summed E-state index contributed by atoms with van der Waals surface area (Å²) in [7, 11) is 2.57. The van der Waals surface area contributed by atoms with Crippen LogP contribution in [-0.2, 0) is 31.9 Å². The highest BCUT2D eigenvalue weighted by Crippen LogP contribution is 2.39. The Bertz CT molecular complexity index is 2740. The normalized spacial score (nSPS) is 17.3. The molecular weight excluding hydrogens is 809 g/mol. The quantitative estimate of drug-likeness (QED) is 0.108. The minimum Gasteiger partial charge on any atom is -0.453 e. The molecule has 4 atom stereocenters. The van der Waals surface area contributed by atoms with Crippen LogP contribution in [0.5, 0.6) is 0 Å². The first-order valence-corrected chi connectivity index (χ1v) is 21.6. The third-order valence-electron chi connectivity index (χ3n) is 12.3. The smallest absolute Gasteiger partial charge is 0.407 e. The van der Waals surface area contributed by atoms with Gasteiger partial charge in [-0.05, 0) is 85.0 Å². The van der Waals surface area contributed by atoms with Crippen molar-refractivity contribution in [1.29, 1.82) is 0 Å². The first-order chi connectivity index (χ1) is 31.3. The Hall–Kier alpha value is -7.66. The number of imidazole rings is 2. The standard InChI is InChI=1S/C50H48N8O6/c1-63-49(61)55-42(34-11-5-3-6-12-34)47(59)57-27-9-15-40(57)45-51-30-39(53-45)33-22-19-31(20-23-33)17-18-32-21-25-37-36(29-32)24-26-38-44(37)54-46(52-38)41-16-10-28-58(41)48(60)43(56-50(62)64-2)35-13-7-4-8-14-35/h3-8,11-14,19-23,25,29-30,40-43H,9-10,15-16,24,26-28H2,1-2H3,(H,51,53)(H,52,54)(H,55,61)(H,56,62)/t40-,41+,42+,43+/m0/s1. The van der Waals surface area contributed by atoms with E-state index < -0.39 is 24.3 Å². The van der Waals surface area contributed by atoms with E-state index in [9.17, 15) is 19.2 Å². The molecule has 6 aromatic rings. The maximum atomic E-state index is 14.0. The summed E-state index contributed by atoms with van der Waals surface area (Å²) in [6, 6.07) is 30.3. The number of hydrogen-bond acceptors (Lipinski definition) is 8. The Labute approximate surface area is 370 Å². The van der Waals surface area contributed by atoms with Crippen LogP contribution in [0.4, 0.5) is 9.59 Å². The summed E-state index contributed by atoms with van der Waals surface area (Å²) in [5, 5.41) is 5.45. The average molecular weight is 857 g/mol. The summed E-state index contributed by atoms with van der Waals surface area (Å²) in [5.74, 6) is 7.69. The molecule has 9 rings (SSSR count). The van der Waals surface area contributed by atoms with Crippen LogP contribution in [0.15, 0.2) is 109 Å². The van der Waals surface area contributed by atoms with Crippen molar-refractivity contribution in [1.82, 2.24) is 40.4 Å². The van der Waals surface area contributed by atoms with E-state index in [1.807, 2.05) is 95.9 Å². The van der Waals surface area contributed by atoms with Gasteiger partial charge in [0.2, 0.25) is 0 Å². The maximum Gasteiger partial charge on any atom is 0.407 e. The highest BCUT2D eigenvalue weighted by atomic mass is 16.5. The molecule has 3 aliphatic rings. The molecule has 4 N–H and O–H groups in total. The fraction of sp³-hybridized carbons (Fsp3) is 0.280. The molecule has 0 radical (unpaired) electrons. The predicted octanol–water partition coefficient (Wildman–Crippen LogP) is 7.49. The molecule has 0 bridgehead atoms. The number of carbonyl (C=O) groups excluding carboxylic acids is 4. The van der Waals surface area contributed by atoms with Gasteiger partial charge in [-0.1, -0.05) is 90.7 Å². The molecule has 1 aliphatic carbocycles. The summed E-state index contributed by atoms with van der Waals surface area (Å²) in [6.07, 6.45) is 5.21. The molecule has 14 heteroatoms. The van der Waals surface area contributed by atoms with E-state index in [0.717, 1.165) is 83.7 Å². The van der Waals surface area contributed by atoms with E-state index in [4.69, 9.17) is 19.4 Å². The summed E-state index contributed by atoms with van der Waals surface area (Å²) in [5.41, 5.74) is 9.09. The average Bonchev–Trinajstić information content (AvgIpc) is 4.19. The van der Waals surface area contributed by atoms with Crippen molar-refractivity contribution >= 4 is 24.0 Å². The van der Waals surface area contributed by atoms with Gasteiger partial charge in [0, 0.05) is 35.5 Å². The van der Waals surface area contributed by atoms with Crippen LogP contribution in [0.3, 0.4) is 0 Å². The lowest BCUT2D eigenvalue weighted by Crippen LogP contribution is -2.42. The summed E-state index contributed by atoms with van der Waals surface area (Å²) < 4.78 is 9.69. The molecular formula is C50H48N8O6. The van der Waals surface area contributed by atoms with Gasteiger partial charge in [-0.25, -0.2) is 19.6 Å². The fourth-order valence-electron chi connectivity index (χ4n) is 9.07. The van der Waals surface area contributed by atoms with Gasteiger partial charge in [0.25, 0.3) is 11.8 Å². The van der Waals surface area contributed by atoms with Gasteiger partial charge >= 0.3 is 12.2 Å². The molecule has 324 valence electrons. The minimum atomic E-state index is -0.885. The number of nitrogens with one attached hydrogen (secondary N) is 4. The lowest BCUT2D eigenvalue weighted by atomic mass is 9.91. The zero-order chi connectivity index (χ0) is 44.2. The number of benzene rings is 4. The van der Waals surface area contributed by atoms with Crippen molar-refractivity contribution in [2.45, 2.75) is 62.7 Å². The minimum absolute atomic E-state index is 0.200. The first kappa shape index (κ1) is 41.7. The molecule has 64 heavy (non-hydrogen) atoms. The van der Waals surface area contributed by atoms with Crippen LogP contribution in [0.2, 0.25) is 0 Å². The molecule has 2 aromatic heterocycles. The number of fused-ring (bicyclic) bond motifs is 3. The molecule has 14 nitrogen and oxygen atoms in total. The SMILES string of the molecule is COC(=O)N[C@@H](C(=O)N1CCC[C@@H]1c1nc2c([nH]1)CCc1cc(C#Cc3ccc(-c4cnc([C@@H]5CCCN5C(=O)[C@H](NC(=O)OC)c5ccccc5)[nH]4)cc3)ccc1-2)c1ccccc1. The number of aromatic amines is 2. The number of nitrogens with zero attached hydrogens (tertiary/aromatic N) is 4. The molecule has 0 saturated carbocycles. The lowest BCUT2D eigenvalue weighted by Gasteiger charge is -2.28. The Kier molecular flexibility index (Phi) is 12.0. The van der Waals surface area contributed by atoms with Crippen LogP contribution in [0.25, 0.3) is 22.5 Å². The van der Waals surface area contributed by atoms with E-state index in [0.29, 0.717) is 30.0 Å². The van der Waals surface area contributed by atoms with Crippen LogP contribution in [0, 0.1) is 11.8 Å². The topological polar surface area (TPSA) is 175 Å². The zero-order valence-electron chi connectivity index (χ0n) is 35.6. The maximum absolute atomic E-state index is 14.0. The Balaban J connectivity index is 0.867. The van der Waals surface area contributed by atoms with Crippen molar-refractivity contribution < 1.29 is 28.7 Å². The zero-order valence-corrected chi connectivity index (χ0v) is 35.6. The van der Waals surface area contributed by atoms with Crippen molar-refractivity contribution in [3.63, 3.8) is 0 Å². The number of ether oxygens (including phenoxy) is 2. The molecule has 0 unspecified atom stereocenters. The van der Waals surface area contributed by atoms with Crippen LogP contribution in [0.1, 0.15) is 95.0 Å². The number of alkyl carbamates (subject to hydrolysis) is 2. The van der Waals surface area contributed by atoms with E-state index in [1.165, 1.54) is 19.8 Å². The first-order valence-electron chi connectivity index (χ1n) is 21.6.